The van der Waals surface area contributed by atoms with E-state index in [9.17, 15) is 20.1 Å². The van der Waals surface area contributed by atoms with Crippen LogP contribution in [0, 0.1) is 64.6 Å². The lowest BCUT2D eigenvalue weighted by atomic mass is 9.45. The van der Waals surface area contributed by atoms with E-state index in [2.05, 4.69) is 12.2 Å². The number of carbonyl (C=O) groups excluding carboxylic acids is 1. The van der Waals surface area contributed by atoms with Crippen LogP contribution in [-0.4, -0.2) is 91.1 Å². The minimum Gasteiger partial charge on any atom is -0.465 e. The monoisotopic (exact) mass is 691 g/mol. The van der Waals surface area contributed by atoms with E-state index in [1.54, 1.807) is 7.11 Å². The lowest BCUT2D eigenvalue weighted by Crippen LogP contribution is -2.97. The molecule has 2 heterocycles. The summed E-state index contributed by atoms with van der Waals surface area (Å²) in [5.41, 5.74) is 6.63. The van der Waals surface area contributed by atoms with Gasteiger partial charge in [0.05, 0.1) is 49.8 Å². The second-order valence-corrected chi connectivity index (χ2v) is 17.9. The molecule has 0 radical (unpaired) electrons. The molecule has 0 bridgehead atoms. The predicted molar refractivity (Wildman–Crippen MR) is 182 cm³/mol. The maximum atomic E-state index is 12.2. The highest BCUT2D eigenvalue weighted by molar-refractivity contribution is 5.65. The molecule has 49 heavy (non-hydrogen) atoms. The lowest BCUT2D eigenvalue weighted by Gasteiger charge is -2.61. The number of hydrogen-bond donors (Lipinski definition) is 5. The molecule has 7 aliphatic rings. The fourth-order valence-corrected chi connectivity index (χ4v) is 13.6. The number of quaternary nitrogens is 1. The van der Waals surface area contributed by atoms with Gasteiger partial charge in [-0.05, 0) is 137 Å². The van der Waals surface area contributed by atoms with Crippen molar-refractivity contribution < 1.29 is 44.4 Å². The van der Waals surface area contributed by atoms with Crippen molar-refractivity contribution in [2.24, 2.45) is 70.3 Å². The Labute approximate surface area is 293 Å². The highest BCUT2D eigenvalue weighted by Crippen LogP contribution is 2.68. The molecule has 0 aromatic carbocycles. The van der Waals surface area contributed by atoms with Crippen LogP contribution in [0.3, 0.4) is 0 Å². The number of fused-ring (bicyclic) bond motifs is 6. The van der Waals surface area contributed by atoms with Crippen molar-refractivity contribution in [2.45, 2.75) is 147 Å². The van der Waals surface area contributed by atoms with E-state index in [4.69, 9.17) is 24.7 Å². The van der Waals surface area contributed by atoms with Crippen LogP contribution in [0.25, 0.3) is 0 Å². The number of rotatable bonds is 9. The van der Waals surface area contributed by atoms with E-state index in [1.807, 2.05) is 0 Å². The van der Waals surface area contributed by atoms with E-state index < -0.39 is 6.10 Å². The highest BCUT2D eigenvalue weighted by Gasteiger charge is 2.65. The van der Waals surface area contributed by atoms with Crippen molar-refractivity contribution in [3.05, 3.63) is 0 Å². The highest BCUT2D eigenvalue weighted by atomic mass is 16.6. The first-order valence-electron chi connectivity index (χ1n) is 20.1. The summed E-state index contributed by atoms with van der Waals surface area (Å²) >= 11 is 0. The Bertz CT molecular complexity index is 1130. The molecule has 5 saturated carbocycles. The van der Waals surface area contributed by atoms with Crippen LogP contribution in [0.1, 0.15) is 104 Å². The molecule has 10 nitrogen and oxygen atoms in total. The average molecular weight is 692 g/mol. The Balaban J connectivity index is 1.19. The fraction of sp³-hybridized carbons (Fsp3) is 0.974. The van der Waals surface area contributed by atoms with Crippen molar-refractivity contribution in [1.82, 2.24) is 0 Å². The molecule has 0 aromatic heterocycles. The fourth-order valence-electron chi connectivity index (χ4n) is 13.6. The molecular formula is C39H67N2O8+. The summed E-state index contributed by atoms with van der Waals surface area (Å²) in [5.74, 6) is 3.95. The third-order valence-corrected chi connectivity index (χ3v) is 15.5. The minimum absolute atomic E-state index is 0.0316. The van der Waals surface area contributed by atoms with Gasteiger partial charge in [-0.15, -0.1) is 0 Å². The first kappa shape index (κ1) is 36.5. The Morgan fingerprint density at radius 2 is 1.78 bits per heavy atom. The van der Waals surface area contributed by atoms with Gasteiger partial charge in [0.25, 0.3) is 0 Å². The summed E-state index contributed by atoms with van der Waals surface area (Å²) in [6.07, 6.45) is 13.5. The van der Waals surface area contributed by atoms with Gasteiger partial charge in [0.15, 0.2) is 0 Å². The van der Waals surface area contributed by atoms with Crippen molar-refractivity contribution >= 4 is 5.97 Å². The molecular weight excluding hydrogens is 624 g/mol. The first-order valence-corrected chi connectivity index (χ1v) is 20.1. The van der Waals surface area contributed by atoms with Gasteiger partial charge >= 0.3 is 5.97 Å². The molecule has 0 amide bonds. The summed E-state index contributed by atoms with van der Waals surface area (Å²) in [7, 11) is 1.69. The second-order valence-electron chi connectivity index (χ2n) is 17.9. The number of hydrogen-bond acceptors (Lipinski definition) is 9. The van der Waals surface area contributed by atoms with E-state index in [0.29, 0.717) is 66.8 Å². The summed E-state index contributed by atoms with van der Waals surface area (Å²) in [6.45, 7) is 5.00. The number of esters is 1. The van der Waals surface area contributed by atoms with Crippen LogP contribution in [0.15, 0.2) is 0 Å². The molecule has 0 aromatic rings. The number of methoxy groups -OCH3 is 1. The van der Waals surface area contributed by atoms with Crippen LogP contribution in [-0.2, 0) is 23.7 Å². The van der Waals surface area contributed by atoms with Gasteiger partial charge in [-0.1, -0.05) is 6.92 Å². The number of aliphatic hydroxyl groups is 3. The number of carbonyl (C=O) groups is 1. The molecule has 18 unspecified atom stereocenters. The third-order valence-electron chi connectivity index (χ3n) is 15.5. The largest absolute Gasteiger partial charge is 0.465 e. The second kappa shape index (κ2) is 15.2. The Morgan fingerprint density at radius 3 is 2.53 bits per heavy atom. The third kappa shape index (κ3) is 7.12. The molecule has 2 aliphatic heterocycles. The minimum atomic E-state index is -0.453. The molecule has 280 valence electrons. The molecule has 2 saturated heterocycles. The summed E-state index contributed by atoms with van der Waals surface area (Å²) in [4.78, 5) is 12.2. The maximum Gasteiger partial charge on any atom is 0.302 e. The summed E-state index contributed by atoms with van der Waals surface area (Å²) in [6, 6.07) is 0. The molecule has 5 aliphatic carbocycles. The Kier molecular flexibility index (Phi) is 11.4. The Morgan fingerprint density at radius 1 is 0.959 bits per heavy atom. The van der Waals surface area contributed by atoms with Crippen molar-refractivity contribution in [1.29, 1.82) is 0 Å². The maximum absolute atomic E-state index is 12.2. The van der Waals surface area contributed by atoms with Gasteiger partial charge < -0.3 is 39.6 Å². The standard InChI is InChI=1S/C39H66N2O8/c1-4-24-12-23(18-41-38(24)40)11-22-9-10-39(16-22)17-26-13-27(44)15-33(48-20-42)34(26)29-7-6-28-30(19-47-21(2)43)36(49-37(28)35(29)39)25-5-8-31(45)32(14-25)46-3/h22-38,41-42,44-45H,4-20,40H2,1-3H3/p+1. The van der Waals surface area contributed by atoms with E-state index in [0.717, 1.165) is 51.5 Å². The quantitative estimate of drug-likeness (QED) is 0.181. The molecule has 10 heteroatoms. The van der Waals surface area contributed by atoms with Crippen LogP contribution in [0.5, 0.6) is 0 Å². The van der Waals surface area contributed by atoms with Crippen LogP contribution < -0.4 is 11.1 Å². The molecule has 7 N–H and O–H groups in total. The van der Waals surface area contributed by atoms with E-state index in [1.165, 1.54) is 39.0 Å². The van der Waals surface area contributed by atoms with Crippen LogP contribution >= 0.6 is 0 Å². The number of piperidine rings is 1. The predicted octanol–water partition coefficient (Wildman–Crippen LogP) is 2.95. The zero-order valence-corrected chi connectivity index (χ0v) is 30.4. The zero-order chi connectivity index (χ0) is 34.4. The molecule has 7 fully saturated rings. The van der Waals surface area contributed by atoms with E-state index in [-0.39, 0.29) is 66.7 Å². The van der Waals surface area contributed by atoms with E-state index >= 15 is 0 Å². The molecule has 18 atom stereocenters. The molecule has 1 spiro atoms. The zero-order valence-electron chi connectivity index (χ0n) is 30.4. The van der Waals surface area contributed by atoms with Gasteiger partial charge in [0.2, 0.25) is 0 Å². The average Bonchev–Trinajstić information content (AvgIpc) is 3.65. The lowest BCUT2D eigenvalue weighted by molar-refractivity contribution is -0.710. The van der Waals surface area contributed by atoms with Gasteiger partial charge in [-0.2, -0.15) is 0 Å². The van der Waals surface area contributed by atoms with Gasteiger partial charge in [-0.25, -0.2) is 0 Å². The SMILES string of the molecule is CCC1CC(CC2CCC3(C2)CC2CC(O)CC(OCO)C2C2CCC4C(COC(C)=O)C(C5CCC(O)C(OC)C5)OC4C23)C[NH2+]C1N. The van der Waals surface area contributed by atoms with Crippen molar-refractivity contribution in [2.75, 3.05) is 27.1 Å². The normalized spacial score (nSPS) is 51.2. The van der Waals surface area contributed by atoms with Crippen molar-refractivity contribution in [3.63, 3.8) is 0 Å². The smallest absolute Gasteiger partial charge is 0.302 e. The van der Waals surface area contributed by atoms with Crippen molar-refractivity contribution in [3.8, 4) is 0 Å². The summed E-state index contributed by atoms with van der Waals surface area (Å²) in [5, 5.41) is 34.1. The number of ether oxygens (including phenoxy) is 4. The topological polar surface area (TPSA) is 157 Å². The van der Waals surface area contributed by atoms with Gasteiger partial charge in [0, 0.05) is 31.8 Å². The van der Waals surface area contributed by atoms with Gasteiger partial charge in [0.1, 0.15) is 13.0 Å². The molecule has 7 rings (SSSR count). The van der Waals surface area contributed by atoms with Crippen LogP contribution in [0.2, 0.25) is 0 Å². The van der Waals surface area contributed by atoms with Crippen LogP contribution in [0.4, 0.5) is 0 Å². The Hall–Kier alpha value is -0.850. The van der Waals surface area contributed by atoms with Gasteiger partial charge in [-0.3, -0.25) is 10.5 Å². The number of aliphatic hydroxyl groups excluding tert-OH is 3. The first-order chi connectivity index (χ1) is 23.6. The number of nitrogens with two attached hydrogens (primary N) is 2. The summed E-state index contributed by atoms with van der Waals surface area (Å²) < 4.78 is 25.1.